The smallest absolute Gasteiger partial charge is 0.420 e. The Hall–Kier alpha value is -3.26. The number of nitrogens with zero attached hydrogens (tertiary/aromatic N) is 4. The van der Waals surface area contributed by atoms with E-state index in [4.69, 9.17) is 23.7 Å². The molecular weight excluding hydrogens is 689 g/mol. The highest BCUT2D eigenvalue weighted by Crippen LogP contribution is 2.44. The summed E-state index contributed by atoms with van der Waals surface area (Å²) in [5, 5.41) is 7.60. The molecule has 11 nitrogen and oxygen atoms in total. The highest BCUT2D eigenvalue weighted by molar-refractivity contribution is 6.74. The summed E-state index contributed by atoms with van der Waals surface area (Å²) < 4.78 is 55.2. The fourth-order valence-corrected chi connectivity index (χ4v) is 7.05. The van der Waals surface area contributed by atoms with Gasteiger partial charge in [-0.1, -0.05) is 20.8 Å². The van der Waals surface area contributed by atoms with E-state index in [9.17, 15) is 9.59 Å². The summed E-state index contributed by atoms with van der Waals surface area (Å²) in [5.41, 5.74) is -0.973. The van der Waals surface area contributed by atoms with Gasteiger partial charge < -0.3 is 24.0 Å². The van der Waals surface area contributed by atoms with Gasteiger partial charge in [0.2, 0.25) is 5.88 Å². The zero-order chi connectivity index (χ0) is 39.7. The quantitative estimate of drug-likeness (QED) is 0.226. The number of rotatable bonds is 11. The Morgan fingerprint density at radius 1 is 0.981 bits per heavy atom. The third kappa shape index (κ3) is 12.4. The number of nitrogens with one attached hydrogen (secondary N) is 1. The van der Waals surface area contributed by atoms with Gasteiger partial charge in [0.15, 0.2) is 14.9 Å². The minimum atomic E-state index is -3.32. The fourth-order valence-electron chi connectivity index (χ4n) is 5.65. The van der Waals surface area contributed by atoms with Gasteiger partial charge in [0.05, 0.1) is 16.9 Å². The molecule has 0 aliphatic heterocycles. The van der Waals surface area contributed by atoms with Crippen LogP contribution in [0.5, 0.6) is 5.88 Å². The topological polar surface area (TPSA) is 117 Å². The zero-order valence-corrected chi connectivity index (χ0v) is 35.1. The number of alkyl carbamates (subject to hydrolysis) is 1. The van der Waals surface area contributed by atoms with Crippen LogP contribution in [0.4, 0.5) is 29.9 Å². The lowest BCUT2D eigenvalue weighted by Gasteiger charge is -2.38. The van der Waals surface area contributed by atoms with E-state index < -0.39 is 62.2 Å². The maximum atomic E-state index is 15.0. The van der Waals surface area contributed by atoms with E-state index in [0.717, 1.165) is 25.0 Å². The van der Waals surface area contributed by atoms with Crippen molar-refractivity contribution >= 4 is 32.0 Å². The summed E-state index contributed by atoms with van der Waals surface area (Å²) in [6, 6.07) is 4.06. The Bertz CT molecular complexity index is 1540. The molecular formula is C38H63F2N5O6Si. The Balaban J connectivity index is 1.92. The lowest BCUT2D eigenvalue weighted by molar-refractivity contribution is -0.0548. The second kappa shape index (κ2) is 15.6. The number of anilines is 2. The van der Waals surface area contributed by atoms with Crippen molar-refractivity contribution in [3.05, 3.63) is 30.1 Å². The Morgan fingerprint density at radius 2 is 1.60 bits per heavy atom. The Morgan fingerprint density at radius 3 is 2.15 bits per heavy atom. The van der Waals surface area contributed by atoms with Crippen LogP contribution in [0.2, 0.25) is 18.1 Å². The Labute approximate surface area is 310 Å². The second-order valence-corrected chi connectivity index (χ2v) is 23.3. The lowest BCUT2D eigenvalue weighted by Crippen LogP contribution is -2.43. The van der Waals surface area contributed by atoms with Crippen LogP contribution < -0.4 is 15.0 Å². The maximum absolute atomic E-state index is 15.0. The number of alkyl halides is 2. The van der Waals surface area contributed by atoms with Gasteiger partial charge in [-0.25, -0.2) is 32.9 Å². The molecule has 0 bridgehead atoms. The minimum Gasteiger partial charge on any atom is -0.471 e. The van der Waals surface area contributed by atoms with Crippen molar-refractivity contribution < 1.29 is 37.0 Å². The molecule has 2 aromatic rings. The Kier molecular flexibility index (Phi) is 12.9. The number of hydrogen-bond acceptors (Lipinski definition) is 8. The molecule has 14 heteroatoms. The van der Waals surface area contributed by atoms with Crippen LogP contribution in [0.25, 0.3) is 0 Å². The average molecular weight is 752 g/mol. The number of ether oxygens (including phenoxy) is 3. The largest absolute Gasteiger partial charge is 0.471 e. The second-order valence-electron chi connectivity index (χ2n) is 18.6. The van der Waals surface area contributed by atoms with Gasteiger partial charge in [0.25, 0.3) is 5.92 Å². The van der Waals surface area contributed by atoms with Gasteiger partial charge in [-0.3, -0.25) is 0 Å². The summed E-state index contributed by atoms with van der Waals surface area (Å²) in [5.74, 6) is -2.83. The average Bonchev–Trinajstić information content (AvgIpc) is 3.56. The first kappa shape index (κ1) is 43.1. The predicted molar refractivity (Wildman–Crippen MR) is 202 cm³/mol. The number of pyridine rings is 1. The first-order chi connectivity index (χ1) is 23.5. The molecule has 3 rings (SSSR count). The van der Waals surface area contributed by atoms with Gasteiger partial charge in [-0.15, -0.1) is 0 Å². The number of aromatic nitrogens is 3. The van der Waals surface area contributed by atoms with E-state index in [1.165, 1.54) is 24.1 Å². The van der Waals surface area contributed by atoms with E-state index in [1.54, 1.807) is 47.6 Å². The molecule has 1 aliphatic carbocycles. The minimum absolute atomic E-state index is 0.0976. The highest BCUT2D eigenvalue weighted by Gasteiger charge is 2.42. The van der Waals surface area contributed by atoms with Crippen LogP contribution in [-0.2, 0) is 19.4 Å². The number of carbonyl (C=O) groups excluding carboxylic acids is 2. The molecule has 52 heavy (non-hydrogen) atoms. The molecule has 2 aromatic heterocycles. The molecule has 1 saturated carbocycles. The van der Waals surface area contributed by atoms with E-state index in [1.807, 2.05) is 31.5 Å². The third-order valence-corrected chi connectivity index (χ3v) is 13.5. The van der Waals surface area contributed by atoms with E-state index in [-0.39, 0.29) is 22.9 Å². The summed E-state index contributed by atoms with van der Waals surface area (Å²) in [7, 11) is -1.96. The molecule has 3 atom stereocenters. The van der Waals surface area contributed by atoms with E-state index >= 15 is 8.78 Å². The summed E-state index contributed by atoms with van der Waals surface area (Å²) in [6.45, 7) is 28.1. The molecule has 0 unspecified atom stereocenters. The van der Waals surface area contributed by atoms with Gasteiger partial charge in [0.1, 0.15) is 17.0 Å². The van der Waals surface area contributed by atoms with Crippen molar-refractivity contribution in [2.24, 2.45) is 0 Å². The van der Waals surface area contributed by atoms with Gasteiger partial charge >= 0.3 is 12.2 Å². The van der Waals surface area contributed by atoms with E-state index in [2.05, 4.69) is 44.2 Å². The van der Waals surface area contributed by atoms with Crippen LogP contribution in [0.3, 0.4) is 0 Å². The first-order valence-electron chi connectivity index (χ1n) is 18.2. The molecule has 1 aliphatic rings. The van der Waals surface area contributed by atoms with Crippen LogP contribution in [0.1, 0.15) is 127 Å². The summed E-state index contributed by atoms with van der Waals surface area (Å²) >= 11 is 0. The number of amides is 2. The normalized spacial score (nSPS) is 18.2. The molecule has 1 N–H and O–H groups in total. The lowest BCUT2D eigenvalue weighted by atomic mass is 10.0. The van der Waals surface area contributed by atoms with Gasteiger partial charge in [-0.05, 0) is 113 Å². The van der Waals surface area contributed by atoms with Crippen LogP contribution in [0, 0.1) is 0 Å². The summed E-state index contributed by atoms with van der Waals surface area (Å²) in [6.07, 6.45) is 2.04. The molecule has 2 heterocycles. The van der Waals surface area contributed by atoms with Crippen molar-refractivity contribution in [1.29, 1.82) is 0 Å². The van der Waals surface area contributed by atoms with Crippen molar-refractivity contribution in [3.63, 3.8) is 0 Å². The van der Waals surface area contributed by atoms with Crippen LogP contribution >= 0.6 is 0 Å². The van der Waals surface area contributed by atoms with Gasteiger partial charge in [-0.2, -0.15) is 5.10 Å². The monoisotopic (exact) mass is 751 g/mol. The van der Waals surface area contributed by atoms with Crippen molar-refractivity contribution in [1.82, 2.24) is 20.1 Å². The first-order valence-corrected chi connectivity index (χ1v) is 21.1. The molecule has 0 saturated heterocycles. The predicted octanol–water partition coefficient (Wildman–Crippen LogP) is 10.1. The van der Waals surface area contributed by atoms with Crippen LogP contribution in [-0.4, -0.2) is 71.1 Å². The van der Waals surface area contributed by atoms with Gasteiger partial charge in [0, 0.05) is 42.8 Å². The third-order valence-electron chi connectivity index (χ3n) is 9.00. The highest BCUT2D eigenvalue weighted by atomic mass is 28.4. The zero-order valence-electron chi connectivity index (χ0n) is 34.1. The van der Waals surface area contributed by atoms with Crippen molar-refractivity contribution in [2.45, 2.75) is 175 Å². The number of halogens is 2. The summed E-state index contributed by atoms with van der Waals surface area (Å²) in [4.78, 5) is 31.6. The molecule has 0 spiro atoms. The van der Waals surface area contributed by atoms with Crippen molar-refractivity contribution in [2.75, 3.05) is 11.5 Å². The molecule has 1 fully saturated rings. The SMILES string of the molecule is C[C@@H](CC(F)(F)COc1cc(N(C(=O)OC(C)(C)C)c2cc([C@H]3CC[C@@H](O[Si](C)(C)C(C)(C)C)C3)nn2C(C)(C)C)ccn1)NC(=O)OC(C)(C)C. The van der Waals surface area contributed by atoms with Crippen LogP contribution in [0.15, 0.2) is 24.4 Å². The molecule has 2 amide bonds. The number of hydrogen-bond donors (Lipinski definition) is 1. The molecule has 0 aromatic carbocycles. The molecule has 294 valence electrons. The fraction of sp³-hybridized carbons (Fsp3) is 0.737. The standard InChI is InChI=1S/C38H63F2N5O6Si/c1-25(42-32(46)49-35(5,6)7)23-38(39,40)24-48-30-21-27(18-19-41-30)44(33(47)50-36(8,9)10)31-22-29(43-45(31)34(2,3)4)26-16-17-28(20-26)51-52(14,15)37(11,12)13/h18-19,21-22,25-26,28H,16-17,20,23-24H2,1-15H3,(H,42,46)/t25-,26-,28+/m0/s1. The maximum Gasteiger partial charge on any atom is 0.420 e. The van der Waals surface area contributed by atoms with Crippen molar-refractivity contribution in [3.8, 4) is 5.88 Å². The van der Waals surface area contributed by atoms with E-state index in [0.29, 0.717) is 11.5 Å². The number of carbonyl (C=O) groups is 2. The molecule has 0 radical (unpaired) electrons.